The zero-order chi connectivity index (χ0) is 20.4. The predicted octanol–water partition coefficient (Wildman–Crippen LogP) is 2.99. The Balaban J connectivity index is 1.69. The number of nitrogens with zero attached hydrogens (tertiary/aromatic N) is 2. The van der Waals surface area contributed by atoms with E-state index in [-0.39, 0.29) is 17.8 Å². The van der Waals surface area contributed by atoms with E-state index in [1.807, 2.05) is 19.1 Å². The second-order valence-corrected chi connectivity index (χ2v) is 7.30. The molecule has 3 aromatic rings. The first-order valence-corrected chi connectivity index (χ1v) is 9.89. The molecule has 6 nitrogen and oxygen atoms in total. The van der Waals surface area contributed by atoms with E-state index in [0.29, 0.717) is 35.7 Å². The molecular formula is C22H24FN5O. The Hall–Kier alpha value is -3.06. The van der Waals surface area contributed by atoms with E-state index in [4.69, 9.17) is 5.73 Å². The number of aryl methyl sites for hydroxylation is 1. The first-order valence-electron chi connectivity index (χ1n) is 9.89. The van der Waals surface area contributed by atoms with E-state index >= 15 is 0 Å². The van der Waals surface area contributed by atoms with Gasteiger partial charge in [-0.25, -0.2) is 14.4 Å². The number of nitrogens with two attached hydrogens (primary N) is 1. The number of halogens is 1. The fraction of sp³-hybridized carbons (Fsp3) is 0.318. The molecule has 0 aliphatic carbocycles. The molecule has 2 heterocycles. The molecule has 1 aromatic heterocycles. The summed E-state index contributed by atoms with van der Waals surface area (Å²) in [4.78, 5) is 21.0. The number of carbonyl (C=O) groups excluding carboxylic acids is 1. The maximum Gasteiger partial charge on any atom is 0.250 e. The van der Waals surface area contributed by atoms with Crippen molar-refractivity contribution in [1.82, 2.24) is 15.3 Å². The molecule has 4 rings (SSSR count). The van der Waals surface area contributed by atoms with Gasteiger partial charge in [0.1, 0.15) is 17.5 Å². The van der Waals surface area contributed by atoms with E-state index in [0.717, 1.165) is 23.9 Å². The van der Waals surface area contributed by atoms with Crippen molar-refractivity contribution in [2.45, 2.75) is 31.7 Å². The van der Waals surface area contributed by atoms with E-state index in [2.05, 4.69) is 20.6 Å². The third-order valence-electron chi connectivity index (χ3n) is 5.47. The van der Waals surface area contributed by atoms with E-state index in [1.54, 1.807) is 24.3 Å². The monoisotopic (exact) mass is 393 g/mol. The molecule has 1 unspecified atom stereocenters. The van der Waals surface area contributed by atoms with Crippen LogP contribution in [0.5, 0.6) is 0 Å². The van der Waals surface area contributed by atoms with Crippen LogP contribution in [0.4, 0.5) is 10.2 Å². The van der Waals surface area contributed by atoms with Gasteiger partial charge in [0.15, 0.2) is 0 Å². The van der Waals surface area contributed by atoms with Crippen molar-refractivity contribution >= 4 is 22.6 Å². The van der Waals surface area contributed by atoms with Crippen LogP contribution in [0.15, 0.2) is 42.5 Å². The largest absolute Gasteiger partial charge is 0.369 e. The number of nitrogens with one attached hydrogen (secondary N) is 2. The predicted molar refractivity (Wildman–Crippen MR) is 111 cm³/mol. The average Bonchev–Trinajstić information content (AvgIpc) is 2.68. The van der Waals surface area contributed by atoms with Crippen molar-refractivity contribution in [2.24, 2.45) is 5.73 Å². The third kappa shape index (κ3) is 3.91. The summed E-state index contributed by atoms with van der Waals surface area (Å²) < 4.78 is 13.8. The number of aromatic nitrogens is 2. The third-order valence-corrected chi connectivity index (χ3v) is 5.47. The normalized spacial score (nSPS) is 17.0. The van der Waals surface area contributed by atoms with E-state index < -0.39 is 5.91 Å². The highest BCUT2D eigenvalue weighted by molar-refractivity contribution is 6.07. The number of para-hydroxylation sites is 1. The number of hydrogen-bond donors (Lipinski definition) is 3. The van der Waals surface area contributed by atoms with Crippen LogP contribution in [0.2, 0.25) is 0 Å². The molecule has 0 spiro atoms. The highest BCUT2D eigenvalue weighted by Crippen LogP contribution is 2.29. The van der Waals surface area contributed by atoms with Crippen LogP contribution in [-0.4, -0.2) is 35.0 Å². The average molecular weight is 393 g/mol. The van der Waals surface area contributed by atoms with Gasteiger partial charge in [-0.05, 0) is 42.8 Å². The van der Waals surface area contributed by atoms with Crippen molar-refractivity contribution in [3.05, 3.63) is 65.2 Å². The highest BCUT2D eigenvalue weighted by Gasteiger charge is 2.28. The number of amides is 1. The molecule has 1 aliphatic heterocycles. The Morgan fingerprint density at radius 2 is 2.10 bits per heavy atom. The number of carbonyl (C=O) groups is 1. The topological polar surface area (TPSA) is 92.9 Å². The summed E-state index contributed by atoms with van der Waals surface area (Å²) in [6.07, 6.45) is 1.68. The number of benzene rings is 2. The lowest BCUT2D eigenvalue weighted by Crippen LogP contribution is -2.48. The Bertz CT molecular complexity index is 1050. The molecule has 1 fully saturated rings. The minimum Gasteiger partial charge on any atom is -0.369 e. The molecule has 2 atom stereocenters. The minimum atomic E-state index is -0.515. The number of hydrogen-bond acceptors (Lipinski definition) is 5. The molecule has 1 amide bonds. The number of rotatable bonds is 7. The molecule has 0 bridgehead atoms. The quantitative estimate of drug-likeness (QED) is 0.574. The Kier molecular flexibility index (Phi) is 5.40. The maximum absolute atomic E-state index is 13.8. The van der Waals surface area contributed by atoms with Gasteiger partial charge in [0.2, 0.25) is 0 Å². The molecule has 29 heavy (non-hydrogen) atoms. The summed E-state index contributed by atoms with van der Waals surface area (Å²) in [7, 11) is 0. The Morgan fingerprint density at radius 1 is 1.31 bits per heavy atom. The number of anilines is 1. The van der Waals surface area contributed by atoms with Crippen LogP contribution in [-0.2, 0) is 6.42 Å². The summed E-state index contributed by atoms with van der Waals surface area (Å²) in [5, 5.41) is 7.61. The molecule has 7 heteroatoms. The van der Waals surface area contributed by atoms with Crippen LogP contribution in [0, 0.1) is 5.82 Å². The van der Waals surface area contributed by atoms with Crippen molar-refractivity contribution in [2.75, 3.05) is 18.4 Å². The zero-order valence-electron chi connectivity index (χ0n) is 16.3. The van der Waals surface area contributed by atoms with Crippen LogP contribution in [0.1, 0.15) is 41.0 Å². The van der Waals surface area contributed by atoms with Gasteiger partial charge in [0.25, 0.3) is 5.91 Å². The summed E-state index contributed by atoms with van der Waals surface area (Å²) in [5.74, 6) is 0.639. The van der Waals surface area contributed by atoms with Crippen LogP contribution in [0.25, 0.3) is 10.9 Å². The molecular weight excluding hydrogens is 369 g/mol. The van der Waals surface area contributed by atoms with Gasteiger partial charge in [-0.2, -0.15) is 0 Å². The maximum atomic E-state index is 13.8. The number of fused-ring (bicyclic) bond motifs is 1. The second kappa shape index (κ2) is 8.13. The van der Waals surface area contributed by atoms with E-state index in [9.17, 15) is 9.18 Å². The first-order chi connectivity index (χ1) is 14.1. The summed E-state index contributed by atoms with van der Waals surface area (Å²) >= 11 is 0. The van der Waals surface area contributed by atoms with Gasteiger partial charge >= 0.3 is 0 Å². The standard InChI is InChI=1S/C22H24FN5O/c1-2-19-27-20-15(21(24)29)7-4-8-16(20)22(28-19)26-12-17(18-9-10-25-18)13-5-3-6-14(23)11-13/h3-8,11,17-18,25H,2,9-10,12H2,1H3,(H2,24,29)(H,26,27,28)/t17-,18?/m1/s1. The Labute approximate surface area is 168 Å². The van der Waals surface area contributed by atoms with Crippen molar-refractivity contribution in [1.29, 1.82) is 0 Å². The summed E-state index contributed by atoms with van der Waals surface area (Å²) in [6, 6.07) is 12.4. The van der Waals surface area contributed by atoms with Gasteiger partial charge in [-0.15, -0.1) is 0 Å². The van der Waals surface area contributed by atoms with Crippen LogP contribution in [0.3, 0.4) is 0 Å². The zero-order valence-corrected chi connectivity index (χ0v) is 16.3. The lowest BCUT2D eigenvalue weighted by molar-refractivity contribution is 0.100. The molecule has 2 aromatic carbocycles. The fourth-order valence-corrected chi connectivity index (χ4v) is 3.78. The highest BCUT2D eigenvalue weighted by atomic mass is 19.1. The Morgan fingerprint density at radius 3 is 2.76 bits per heavy atom. The molecule has 4 N–H and O–H groups in total. The SMILES string of the molecule is CCc1nc(NC[C@H](c2cccc(F)c2)C2CCN2)c2cccc(C(N)=O)c2n1. The molecule has 1 aliphatic rings. The van der Waals surface area contributed by atoms with Crippen molar-refractivity contribution < 1.29 is 9.18 Å². The molecule has 1 saturated heterocycles. The second-order valence-electron chi connectivity index (χ2n) is 7.30. The summed E-state index contributed by atoms with van der Waals surface area (Å²) in [6.45, 7) is 3.51. The van der Waals surface area contributed by atoms with Gasteiger partial charge in [-0.1, -0.05) is 25.1 Å². The molecule has 0 saturated carbocycles. The fourth-order valence-electron chi connectivity index (χ4n) is 3.78. The summed E-state index contributed by atoms with van der Waals surface area (Å²) in [5.41, 5.74) is 7.42. The smallest absolute Gasteiger partial charge is 0.250 e. The molecule has 150 valence electrons. The number of primary amides is 1. The van der Waals surface area contributed by atoms with Gasteiger partial charge in [-0.3, -0.25) is 4.79 Å². The minimum absolute atomic E-state index is 0.0915. The lowest BCUT2D eigenvalue weighted by atomic mass is 9.85. The van der Waals surface area contributed by atoms with Crippen LogP contribution >= 0.6 is 0 Å². The van der Waals surface area contributed by atoms with E-state index in [1.165, 1.54) is 6.07 Å². The lowest BCUT2D eigenvalue weighted by Gasteiger charge is -2.36. The van der Waals surface area contributed by atoms with Crippen molar-refractivity contribution in [3.8, 4) is 0 Å². The van der Waals surface area contributed by atoms with Gasteiger partial charge in [0.05, 0.1) is 11.1 Å². The van der Waals surface area contributed by atoms with Crippen molar-refractivity contribution in [3.63, 3.8) is 0 Å². The first kappa shape index (κ1) is 19.3. The van der Waals surface area contributed by atoms with Crippen LogP contribution < -0.4 is 16.4 Å². The van der Waals surface area contributed by atoms with Gasteiger partial charge in [0, 0.05) is 30.3 Å². The molecule has 0 radical (unpaired) electrons. The van der Waals surface area contributed by atoms with Gasteiger partial charge < -0.3 is 16.4 Å².